The standard InChI is InChI=1S/C13H16N4O/c14-17-13-8-4-7-12(16-13)15-9-11(18)10-5-2-1-3-6-10/h1-8,11,18H,9,14H2,(H2,15,16,17). The number of hydrazine groups is 1. The summed E-state index contributed by atoms with van der Waals surface area (Å²) in [5.74, 6) is 6.52. The molecule has 0 radical (unpaired) electrons. The number of hydrogen-bond acceptors (Lipinski definition) is 5. The highest BCUT2D eigenvalue weighted by Crippen LogP contribution is 2.14. The van der Waals surface area contributed by atoms with Crippen LogP contribution in [0.1, 0.15) is 11.7 Å². The Hall–Kier alpha value is -2.11. The molecule has 5 N–H and O–H groups in total. The van der Waals surface area contributed by atoms with Gasteiger partial charge in [0.1, 0.15) is 11.6 Å². The van der Waals surface area contributed by atoms with Crippen molar-refractivity contribution in [3.63, 3.8) is 0 Å². The molecule has 2 aromatic rings. The Morgan fingerprint density at radius 3 is 2.50 bits per heavy atom. The molecule has 0 saturated heterocycles. The first kappa shape index (κ1) is 12.3. The lowest BCUT2D eigenvalue weighted by molar-refractivity contribution is 0.191. The van der Waals surface area contributed by atoms with Crippen molar-refractivity contribution in [3.8, 4) is 0 Å². The molecule has 1 heterocycles. The van der Waals surface area contributed by atoms with Gasteiger partial charge in [0.05, 0.1) is 6.10 Å². The van der Waals surface area contributed by atoms with Gasteiger partial charge >= 0.3 is 0 Å². The molecule has 1 unspecified atom stereocenters. The molecule has 1 aromatic carbocycles. The van der Waals surface area contributed by atoms with Crippen LogP contribution in [-0.2, 0) is 0 Å². The van der Waals surface area contributed by atoms with Gasteiger partial charge in [-0.05, 0) is 17.7 Å². The number of pyridine rings is 1. The molecular weight excluding hydrogens is 228 g/mol. The molecule has 0 saturated carbocycles. The van der Waals surface area contributed by atoms with Crippen LogP contribution in [0.4, 0.5) is 11.6 Å². The third kappa shape index (κ3) is 3.19. The maximum Gasteiger partial charge on any atom is 0.142 e. The molecule has 0 spiro atoms. The van der Waals surface area contributed by atoms with Crippen LogP contribution in [0, 0.1) is 0 Å². The molecule has 0 aliphatic heterocycles. The van der Waals surface area contributed by atoms with E-state index in [4.69, 9.17) is 5.84 Å². The summed E-state index contributed by atoms with van der Waals surface area (Å²) >= 11 is 0. The molecule has 5 nitrogen and oxygen atoms in total. The zero-order valence-corrected chi connectivity index (χ0v) is 9.88. The van der Waals surface area contributed by atoms with E-state index in [-0.39, 0.29) is 0 Å². The van der Waals surface area contributed by atoms with E-state index in [0.717, 1.165) is 5.56 Å². The number of aromatic nitrogens is 1. The van der Waals surface area contributed by atoms with Crippen LogP contribution >= 0.6 is 0 Å². The summed E-state index contributed by atoms with van der Waals surface area (Å²) in [6.07, 6.45) is -0.567. The molecule has 2 rings (SSSR count). The van der Waals surface area contributed by atoms with Gasteiger partial charge in [-0.2, -0.15) is 0 Å². The smallest absolute Gasteiger partial charge is 0.142 e. The number of aliphatic hydroxyl groups excluding tert-OH is 1. The summed E-state index contributed by atoms with van der Waals surface area (Å²) in [6.45, 7) is 0.394. The van der Waals surface area contributed by atoms with Gasteiger partial charge in [-0.3, -0.25) is 0 Å². The second-order valence-electron chi connectivity index (χ2n) is 3.86. The van der Waals surface area contributed by atoms with Crippen LogP contribution in [0.25, 0.3) is 0 Å². The van der Waals surface area contributed by atoms with E-state index in [9.17, 15) is 5.11 Å². The maximum atomic E-state index is 9.98. The molecular formula is C13H16N4O. The Morgan fingerprint density at radius 2 is 1.78 bits per heavy atom. The normalized spacial score (nSPS) is 11.9. The van der Waals surface area contributed by atoms with Crippen molar-refractivity contribution in [1.29, 1.82) is 0 Å². The number of aliphatic hydroxyl groups is 1. The molecule has 0 fully saturated rings. The summed E-state index contributed by atoms with van der Waals surface area (Å²) in [7, 11) is 0. The van der Waals surface area contributed by atoms with Crippen molar-refractivity contribution < 1.29 is 5.11 Å². The van der Waals surface area contributed by atoms with Crippen molar-refractivity contribution >= 4 is 11.6 Å². The van der Waals surface area contributed by atoms with E-state index in [1.165, 1.54) is 0 Å². The molecule has 0 aliphatic carbocycles. The van der Waals surface area contributed by atoms with Crippen molar-refractivity contribution in [1.82, 2.24) is 4.98 Å². The molecule has 94 valence electrons. The van der Waals surface area contributed by atoms with E-state index in [1.807, 2.05) is 42.5 Å². The largest absolute Gasteiger partial charge is 0.387 e. The van der Waals surface area contributed by atoms with Crippen molar-refractivity contribution in [2.75, 3.05) is 17.3 Å². The lowest BCUT2D eigenvalue weighted by Gasteiger charge is -2.13. The number of nitrogen functional groups attached to an aromatic ring is 1. The predicted octanol–water partition coefficient (Wildman–Crippen LogP) is 1.51. The van der Waals surface area contributed by atoms with Crippen molar-refractivity contribution in [2.45, 2.75) is 6.10 Å². The minimum atomic E-state index is -0.567. The fourth-order valence-electron chi connectivity index (χ4n) is 1.61. The van der Waals surface area contributed by atoms with Crippen LogP contribution < -0.4 is 16.6 Å². The third-order valence-electron chi connectivity index (χ3n) is 2.56. The summed E-state index contributed by atoms with van der Waals surface area (Å²) < 4.78 is 0. The fourth-order valence-corrected chi connectivity index (χ4v) is 1.61. The van der Waals surface area contributed by atoms with Crippen LogP contribution in [0.3, 0.4) is 0 Å². The number of nitrogens with two attached hydrogens (primary N) is 1. The molecule has 1 aromatic heterocycles. The maximum absolute atomic E-state index is 9.98. The van der Waals surface area contributed by atoms with Crippen LogP contribution in [0.2, 0.25) is 0 Å². The van der Waals surface area contributed by atoms with E-state index in [1.54, 1.807) is 6.07 Å². The van der Waals surface area contributed by atoms with Gasteiger partial charge in [0, 0.05) is 6.54 Å². The van der Waals surface area contributed by atoms with E-state index in [0.29, 0.717) is 18.2 Å². The highest BCUT2D eigenvalue weighted by atomic mass is 16.3. The molecule has 0 amide bonds. The second kappa shape index (κ2) is 6.00. The van der Waals surface area contributed by atoms with Crippen LogP contribution in [0.15, 0.2) is 48.5 Å². The van der Waals surface area contributed by atoms with E-state index < -0.39 is 6.10 Å². The quantitative estimate of drug-likeness (QED) is 0.473. The second-order valence-corrected chi connectivity index (χ2v) is 3.86. The van der Waals surface area contributed by atoms with Gasteiger partial charge in [0.25, 0.3) is 0 Å². The SMILES string of the molecule is NNc1cccc(NCC(O)c2ccccc2)n1. The Labute approximate surface area is 106 Å². The summed E-state index contributed by atoms with van der Waals surface area (Å²) in [4.78, 5) is 4.20. The van der Waals surface area contributed by atoms with Gasteiger partial charge in [0.2, 0.25) is 0 Å². The van der Waals surface area contributed by atoms with Crippen molar-refractivity contribution in [3.05, 3.63) is 54.1 Å². The summed E-state index contributed by atoms with van der Waals surface area (Å²) in [5.41, 5.74) is 3.35. The summed E-state index contributed by atoms with van der Waals surface area (Å²) in [6, 6.07) is 14.9. The summed E-state index contributed by atoms with van der Waals surface area (Å²) in [5, 5.41) is 13.0. The number of nitrogens with one attached hydrogen (secondary N) is 2. The first-order chi connectivity index (χ1) is 8.79. The Bertz CT molecular complexity index is 489. The Kier molecular flexibility index (Phi) is 4.11. The van der Waals surface area contributed by atoms with Gasteiger partial charge in [-0.25, -0.2) is 10.8 Å². The highest BCUT2D eigenvalue weighted by Gasteiger charge is 2.06. The number of anilines is 2. The van der Waals surface area contributed by atoms with Gasteiger partial charge in [-0.1, -0.05) is 36.4 Å². The zero-order valence-electron chi connectivity index (χ0n) is 9.88. The highest BCUT2D eigenvalue weighted by molar-refractivity contribution is 5.44. The Balaban J connectivity index is 1.95. The van der Waals surface area contributed by atoms with Crippen LogP contribution in [-0.4, -0.2) is 16.6 Å². The lowest BCUT2D eigenvalue weighted by atomic mass is 10.1. The topological polar surface area (TPSA) is 83.2 Å². The molecule has 0 aliphatic rings. The van der Waals surface area contributed by atoms with Gasteiger partial charge in [0.15, 0.2) is 0 Å². The average Bonchev–Trinajstić information content (AvgIpc) is 2.46. The van der Waals surface area contributed by atoms with Crippen LogP contribution in [0.5, 0.6) is 0 Å². The van der Waals surface area contributed by atoms with Gasteiger partial charge in [-0.15, -0.1) is 0 Å². The first-order valence-electron chi connectivity index (χ1n) is 5.70. The molecule has 0 bridgehead atoms. The molecule has 1 atom stereocenters. The first-order valence-corrected chi connectivity index (χ1v) is 5.70. The molecule has 18 heavy (non-hydrogen) atoms. The van der Waals surface area contributed by atoms with Crippen molar-refractivity contribution in [2.24, 2.45) is 5.84 Å². The van der Waals surface area contributed by atoms with E-state index >= 15 is 0 Å². The number of nitrogens with zero attached hydrogens (tertiary/aromatic N) is 1. The third-order valence-corrected chi connectivity index (χ3v) is 2.56. The monoisotopic (exact) mass is 244 g/mol. The number of hydrogen-bond donors (Lipinski definition) is 4. The van der Waals surface area contributed by atoms with Gasteiger partial charge < -0.3 is 15.8 Å². The van der Waals surface area contributed by atoms with E-state index in [2.05, 4.69) is 15.7 Å². The lowest BCUT2D eigenvalue weighted by Crippen LogP contribution is -2.14. The molecule has 5 heteroatoms. The zero-order chi connectivity index (χ0) is 12.8. The fraction of sp³-hybridized carbons (Fsp3) is 0.154. The minimum Gasteiger partial charge on any atom is -0.387 e. The number of benzene rings is 1. The predicted molar refractivity (Wildman–Crippen MR) is 71.9 cm³/mol. The minimum absolute atomic E-state index is 0.394. The Morgan fingerprint density at radius 1 is 1.06 bits per heavy atom. The average molecular weight is 244 g/mol. The number of rotatable bonds is 5.